The minimum atomic E-state index is -0.505. The number of amides is 1. The van der Waals surface area contributed by atoms with Gasteiger partial charge in [0, 0.05) is 18.8 Å². The Morgan fingerprint density at radius 1 is 1.47 bits per heavy atom. The molecule has 1 amide bonds. The Bertz CT molecular complexity index is 564. The Morgan fingerprint density at radius 3 is 2.88 bits per heavy atom. The largest absolute Gasteiger partial charge is 0.398 e. The van der Waals surface area contributed by atoms with Crippen LogP contribution in [0.3, 0.4) is 0 Å². The van der Waals surface area contributed by atoms with Crippen molar-refractivity contribution in [3.05, 3.63) is 41.8 Å². The number of benzene rings is 1. The van der Waals surface area contributed by atoms with Crippen LogP contribution in [0.2, 0.25) is 0 Å². The van der Waals surface area contributed by atoms with Crippen molar-refractivity contribution in [3.63, 3.8) is 0 Å². The van der Waals surface area contributed by atoms with Crippen molar-refractivity contribution in [1.82, 2.24) is 9.78 Å². The molecule has 0 bridgehead atoms. The first-order valence-electron chi connectivity index (χ1n) is 4.92. The summed E-state index contributed by atoms with van der Waals surface area (Å²) < 4.78 is 14.5. The van der Waals surface area contributed by atoms with Crippen LogP contribution < -0.4 is 11.1 Å². The number of aromatic nitrogens is 2. The molecule has 5 nitrogen and oxygen atoms in total. The van der Waals surface area contributed by atoms with Crippen LogP contribution in [0, 0.1) is 5.82 Å². The maximum atomic E-state index is 13.0. The normalized spacial score (nSPS) is 10.2. The molecule has 1 aromatic carbocycles. The predicted molar refractivity (Wildman–Crippen MR) is 62.0 cm³/mol. The van der Waals surface area contributed by atoms with E-state index in [1.165, 1.54) is 16.8 Å². The number of nitrogen functional groups attached to an aromatic ring is 1. The van der Waals surface area contributed by atoms with Gasteiger partial charge in [-0.3, -0.25) is 9.48 Å². The molecule has 3 N–H and O–H groups in total. The summed E-state index contributed by atoms with van der Waals surface area (Å²) in [4.78, 5) is 11.8. The summed E-state index contributed by atoms with van der Waals surface area (Å²) in [5.41, 5.74) is 5.94. The fourth-order valence-electron chi connectivity index (χ4n) is 1.41. The molecule has 0 spiro atoms. The van der Waals surface area contributed by atoms with Crippen molar-refractivity contribution < 1.29 is 9.18 Å². The molecule has 0 saturated heterocycles. The first-order chi connectivity index (χ1) is 8.08. The number of hydrogen-bond acceptors (Lipinski definition) is 3. The lowest BCUT2D eigenvalue weighted by molar-refractivity contribution is 0.102. The Hall–Kier alpha value is -2.37. The number of anilines is 2. The van der Waals surface area contributed by atoms with Gasteiger partial charge in [0.1, 0.15) is 11.6 Å². The topological polar surface area (TPSA) is 72.9 Å². The van der Waals surface area contributed by atoms with E-state index in [-0.39, 0.29) is 11.3 Å². The minimum absolute atomic E-state index is 0.103. The van der Waals surface area contributed by atoms with Crippen molar-refractivity contribution in [2.75, 3.05) is 11.1 Å². The number of nitrogens with two attached hydrogens (primary N) is 1. The van der Waals surface area contributed by atoms with Gasteiger partial charge in [0.15, 0.2) is 0 Å². The third-order valence-corrected chi connectivity index (χ3v) is 2.32. The molecule has 0 aliphatic heterocycles. The number of aryl methyl sites for hydroxylation is 1. The van der Waals surface area contributed by atoms with E-state index in [2.05, 4.69) is 10.4 Å². The van der Waals surface area contributed by atoms with Gasteiger partial charge in [-0.05, 0) is 18.2 Å². The lowest BCUT2D eigenvalue weighted by atomic mass is 10.1. The molecule has 1 aromatic heterocycles. The van der Waals surface area contributed by atoms with E-state index < -0.39 is 11.7 Å². The summed E-state index contributed by atoms with van der Waals surface area (Å²) in [7, 11) is 1.69. The van der Waals surface area contributed by atoms with Crippen LogP contribution in [0.25, 0.3) is 0 Å². The molecule has 2 rings (SSSR count). The van der Waals surface area contributed by atoms with Gasteiger partial charge in [-0.15, -0.1) is 0 Å². The van der Waals surface area contributed by atoms with Crippen molar-refractivity contribution in [2.24, 2.45) is 7.05 Å². The Labute approximate surface area is 97.0 Å². The number of carbonyl (C=O) groups excluding carboxylic acids is 1. The van der Waals surface area contributed by atoms with Gasteiger partial charge in [-0.1, -0.05) is 0 Å². The number of halogens is 1. The summed E-state index contributed by atoms with van der Waals surface area (Å²) in [6.07, 6.45) is 1.55. The average molecular weight is 234 g/mol. The maximum absolute atomic E-state index is 13.0. The van der Waals surface area contributed by atoms with Crippen LogP contribution in [-0.4, -0.2) is 15.7 Å². The quantitative estimate of drug-likeness (QED) is 0.771. The number of nitrogens with one attached hydrogen (secondary N) is 1. The highest BCUT2D eigenvalue weighted by atomic mass is 19.1. The standard InChI is InChI=1S/C11H11FN4O/c1-16-10(4-5-14-16)15-11(17)8-6-7(12)2-3-9(8)13/h2-6H,13H2,1H3,(H,15,17). The summed E-state index contributed by atoms with van der Waals surface area (Å²) in [5.74, 6) is -0.460. The zero-order valence-electron chi connectivity index (χ0n) is 9.14. The van der Waals surface area contributed by atoms with Gasteiger partial charge in [0.2, 0.25) is 0 Å². The third kappa shape index (κ3) is 2.25. The third-order valence-electron chi connectivity index (χ3n) is 2.32. The van der Waals surface area contributed by atoms with Crippen molar-refractivity contribution in [2.45, 2.75) is 0 Å². The van der Waals surface area contributed by atoms with E-state index >= 15 is 0 Å². The van der Waals surface area contributed by atoms with Gasteiger partial charge in [-0.2, -0.15) is 5.10 Å². The molecule has 88 valence electrons. The van der Waals surface area contributed by atoms with Crippen LogP contribution in [0.4, 0.5) is 15.9 Å². The second kappa shape index (κ2) is 4.25. The smallest absolute Gasteiger partial charge is 0.259 e. The first kappa shape index (κ1) is 11.1. The number of nitrogens with zero attached hydrogens (tertiary/aromatic N) is 2. The first-order valence-corrected chi connectivity index (χ1v) is 4.92. The fourth-order valence-corrected chi connectivity index (χ4v) is 1.41. The lowest BCUT2D eigenvalue weighted by Gasteiger charge is -2.07. The minimum Gasteiger partial charge on any atom is -0.398 e. The molecule has 0 aliphatic carbocycles. The molecule has 6 heteroatoms. The van der Waals surface area contributed by atoms with E-state index in [9.17, 15) is 9.18 Å². The van der Waals surface area contributed by atoms with E-state index in [1.54, 1.807) is 19.3 Å². The molecule has 0 fully saturated rings. The second-order valence-electron chi connectivity index (χ2n) is 3.53. The predicted octanol–water partition coefficient (Wildman–Crippen LogP) is 1.39. The molecular formula is C11H11FN4O. The zero-order valence-corrected chi connectivity index (χ0v) is 9.14. The molecule has 0 radical (unpaired) electrons. The molecule has 0 saturated carbocycles. The molecular weight excluding hydrogens is 223 g/mol. The molecule has 1 heterocycles. The Morgan fingerprint density at radius 2 is 2.24 bits per heavy atom. The van der Waals surface area contributed by atoms with Gasteiger partial charge in [0.05, 0.1) is 11.8 Å². The zero-order chi connectivity index (χ0) is 12.4. The van der Waals surface area contributed by atoms with Crippen LogP contribution in [0.15, 0.2) is 30.5 Å². The van der Waals surface area contributed by atoms with Crippen LogP contribution in [0.1, 0.15) is 10.4 Å². The molecule has 0 aliphatic rings. The highest BCUT2D eigenvalue weighted by molar-refractivity contribution is 6.07. The lowest BCUT2D eigenvalue weighted by Crippen LogP contribution is -2.16. The molecule has 0 unspecified atom stereocenters. The maximum Gasteiger partial charge on any atom is 0.259 e. The molecule has 2 aromatic rings. The van der Waals surface area contributed by atoms with Gasteiger partial charge in [-0.25, -0.2) is 4.39 Å². The fraction of sp³-hybridized carbons (Fsp3) is 0.0909. The SMILES string of the molecule is Cn1nccc1NC(=O)c1cc(F)ccc1N. The number of hydrogen-bond donors (Lipinski definition) is 2. The number of rotatable bonds is 2. The molecule has 0 atom stereocenters. The Balaban J connectivity index is 2.26. The van der Waals surface area contributed by atoms with E-state index in [0.29, 0.717) is 5.82 Å². The van der Waals surface area contributed by atoms with Gasteiger partial charge >= 0.3 is 0 Å². The average Bonchev–Trinajstić information content (AvgIpc) is 2.68. The van der Waals surface area contributed by atoms with Gasteiger partial charge in [0.25, 0.3) is 5.91 Å². The summed E-state index contributed by atoms with van der Waals surface area (Å²) in [6, 6.07) is 5.29. The summed E-state index contributed by atoms with van der Waals surface area (Å²) >= 11 is 0. The second-order valence-corrected chi connectivity index (χ2v) is 3.53. The highest BCUT2D eigenvalue weighted by Gasteiger charge is 2.12. The highest BCUT2D eigenvalue weighted by Crippen LogP contribution is 2.15. The van der Waals surface area contributed by atoms with Crippen LogP contribution in [0.5, 0.6) is 0 Å². The van der Waals surface area contributed by atoms with Crippen LogP contribution in [-0.2, 0) is 7.05 Å². The Kier molecular flexibility index (Phi) is 2.78. The summed E-state index contributed by atoms with van der Waals surface area (Å²) in [5, 5.41) is 6.49. The van der Waals surface area contributed by atoms with E-state index in [0.717, 1.165) is 6.07 Å². The van der Waals surface area contributed by atoms with E-state index in [1.807, 2.05) is 0 Å². The monoisotopic (exact) mass is 234 g/mol. The van der Waals surface area contributed by atoms with E-state index in [4.69, 9.17) is 5.73 Å². The van der Waals surface area contributed by atoms with Crippen molar-refractivity contribution in [1.29, 1.82) is 0 Å². The molecule has 17 heavy (non-hydrogen) atoms. The van der Waals surface area contributed by atoms with Crippen LogP contribution >= 0.6 is 0 Å². The van der Waals surface area contributed by atoms with Crippen molar-refractivity contribution in [3.8, 4) is 0 Å². The van der Waals surface area contributed by atoms with Crippen molar-refractivity contribution >= 4 is 17.4 Å². The summed E-state index contributed by atoms with van der Waals surface area (Å²) in [6.45, 7) is 0. The number of carbonyl (C=O) groups is 1. The van der Waals surface area contributed by atoms with Gasteiger partial charge < -0.3 is 11.1 Å².